The van der Waals surface area contributed by atoms with Gasteiger partial charge in [-0.2, -0.15) is 0 Å². The number of hydrogen-bond acceptors (Lipinski definition) is 3. The summed E-state index contributed by atoms with van der Waals surface area (Å²) in [5, 5.41) is 1.56. The highest BCUT2D eigenvalue weighted by Crippen LogP contribution is 2.29. The largest absolute Gasteiger partial charge is 0.287 e. The maximum atomic E-state index is 13.2. The van der Waals surface area contributed by atoms with Crippen LogP contribution in [0.3, 0.4) is 0 Å². The number of halogens is 2. The maximum Gasteiger partial charge on any atom is 0.252 e. The van der Waals surface area contributed by atoms with Crippen LogP contribution >= 0.6 is 23.4 Å². The molecule has 0 saturated carbocycles. The molecule has 0 aliphatic carbocycles. The smallest absolute Gasteiger partial charge is 0.252 e. The molecule has 0 radical (unpaired) electrons. The van der Waals surface area contributed by atoms with Gasteiger partial charge in [0.1, 0.15) is 5.82 Å². The van der Waals surface area contributed by atoms with Gasteiger partial charge < -0.3 is 0 Å². The van der Waals surface area contributed by atoms with Gasteiger partial charge in [-0.1, -0.05) is 42.4 Å². The Balaban J connectivity index is 1.79. The lowest BCUT2D eigenvalue weighted by Gasteiger charge is -2.13. The number of amidine groups is 1. The number of amides is 1. The fraction of sp³-hybridized carbons (Fsp3) is 0.158. The number of carbonyl (C=O) groups is 1. The number of nitrogens with zero attached hydrogens (tertiary/aromatic N) is 2. The third-order valence-corrected chi connectivity index (χ3v) is 4.89. The van der Waals surface area contributed by atoms with E-state index in [9.17, 15) is 9.18 Å². The van der Waals surface area contributed by atoms with Crippen LogP contribution in [0.25, 0.3) is 6.08 Å². The Morgan fingerprint density at radius 3 is 2.80 bits per heavy atom. The second-order valence-corrected chi connectivity index (χ2v) is 7.48. The van der Waals surface area contributed by atoms with E-state index >= 15 is 0 Å². The standard InChI is InChI=1S/C19H16ClFN2OS/c1-13-12-23(18(24)10-5-14-3-2-4-16(21)11-14)19(25-13)22-17-8-6-15(20)7-9-17/h2-11,13H,12H2,1H3/b10-5+,22-19?/t13-/m1/s1. The van der Waals surface area contributed by atoms with Gasteiger partial charge in [0.05, 0.1) is 5.69 Å². The Kier molecular flexibility index (Phi) is 5.56. The topological polar surface area (TPSA) is 32.7 Å². The predicted molar refractivity (Wildman–Crippen MR) is 103 cm³/mol. The van der Waals surface area contributed by atoms with Gasteiger partial charge in [-0.05, 0) is 48.0 Å². The van der Waals surface area contributed by atoms with E-state index in [0.717, 1.165) is 5.69 Å². The number of carbonyl (C=O) groups excluding carboxylic acids is 1. The molecule has 2 aromatic rings. The molecule has 6 heteroatoms. The number of benzene rings is 2. The summed E-state index contributed by atoms with van der Waals surface area (Å²) < 4.78 is 13.2. The molecule has 128 valence electrons. The van der Waals surface area contributed by atoms with Crippen LogP contribution < -0.4 is 0 Å². The Morgan fingerprint density at radius 2 is 2.08 bits per heavy atom. The van der Waals surface area contributed by atoms with Crippen molar-refractivity contribution in [3.63, 3.8) is 0 Å². The predicted octanol–water partition coefficient (Wildman–Crippen LogP) is 5.14. The Morgan fingerprint density at radius 1 is 1.32 bits per heavy atom. The van der Waals surface area contributed by atoms with E-state index in [-0.39, 0.29) is 17.0 Å². The van der Waals surface area contributed by atoms with Gasteiger partial charge in [0.2, 0.25) is 0 Å². The lowest BCUT2D eigenvalue weighted by Crippen LogP contribution is -2.30. The quantitative estimate of drug-likeness (QED) is 0.696. The lowest BCUT2D eigenvalue weighted by atomic mass is 10.2. The second-order valence-electron chi connectivity index (χ2n) is 5.64. The zero-order valence-electron chi connectivity index (χ0n) is 13.5. The van der Waals surface area contributed by atoms with E-state index in [1.807, 2.05) is 19.1 Å². The van der Waals surface area contributed by atoms with E-state index in [4.69, 9.17) is 11.6 Å². The van der Waals surface area contributed by atoms with Gasteiger partial charge >= 0.3 is 0 Å². The summed E-state index contributed by atoms with van der Waals surface area (Å²) in [6, 6.07) is 13.3. The van der Waals surface area contributed by atoms with Crippen LogP contribution in [0.15, 0.2) is 59.6 Å². The minimum atomic E-state index is -0.329. The summed E-state index contributed by atoms with van der Waals surface area (Å²) in [6.45, 7) is 2.63. The van der Waals surface area contributed by atoms with Crippen LogP contribution in [0.1, 0.15) is 12.5 Å². The van der Waals surface area contributed by atoms with E-state index in [0.29, 0.717) is 22.3 Å². The first kappa shape index (κ1) is 17.7. The molecule has 3 nitrogen and oxygen atoms in total. The van der Waals surface area contributed by atoms with Gasteiger partial charge in [0, 0.05) is 22.9 Å². The van der Waals surface area contributed by atoms with Crippen LogP contribution in [-0.2, 0) is 4.79 Å². The SMILES string of the molecule is C[C@@H]1CN(C(=O)/C=C/c2cccc(F)c2)C(=Nc2ccc(Cl)cc2)S1. The molecule has 3 rings (SSSR count). The van der Waals surface area contributed by atoms with Crippen LogP contribution in [0.5, 0.6) is 0 Å². The highest BCUT2D eigenvalue weighted by Gasteiger charge is 2.29. The molecule has 1 fully saturated rings. The number of rotatable bonds is 3. The van der Waals surface area contributed by atoms with E-state index < -0.39 is 0 Å². The normalized spacial score (nSPS) is 19.1. The summed E-state index contributed by atoms with van der Waals surface area (Å²) in [7, 11) is 0. The van der Waals surface area contributed by atoms with Crippen molar-refractivity contribution in [1.82, 2.24) is 4.90 Å². The number of aliphatic imine (C=N–C) groups is 1. The number of hydrogen-bond donors (Lipinski definition) is 0. The summed E-state index contributed by atoms with van der Waals surface area (Å²) in [6.07, 6.45) is 3.06. The molecule has 0 N–H and O–H groups in total. The van der Waals surface area contributed by atoms with E-state index in [1.165, 1.54) is 18.2 Å². The Labute approximate surface area is 155 Å². The van der Waals surface area contributed by atoms with Crippen molar-refractivity contribution >= 4 is 46.2 Å². The fourth-order valence-electron chi connectivity index (χ4n) is 2.38. The minimum absolute atomic E-state index is 0.172. The van der Waals surface area contributed by atoms with Gasteiger partial charge in [-0.25, -0.2) is 9.38 Å². The molecule has 1 saturated heterocycles. The molecule has 0 aromatic heterocycles. The van der Waals surface area contributed by atoms with Crippen molar-refractivity contribution in [2.75, 3.05) is 6.54 Å². The summed E-state index contributed by atoms with van der Waals surface area (Å²) in [5.41, 5.74) is 1.39. The van der Waals surface area contributed by atoms with Crippen LogP contribution in [0, 0.1) is 5.82 Å². The van der Waals surface area contributed by atoms with Crippen molar-refractivity contribution in [3.8, 4) is 0 Å². The summed E-state index contributed by atoms with van der Waals surface area (Å²) in [5.74, 6) is -0.501. The average Bonchev–Trinajstić information content (AvgIpc) is 2.95. The Hall–Kier alpha value is -2.11. The zero-order chi connectivity index (χ0) is 17.8. The van der Waals surface area contributed by atoms with E-state index in [1.54, 1.807) is 47.0 Å². The first-order chi connectivity index (χ1) is 12.0. The van der Waals surface area contributed by atoms with Crippen molar-refractivity contribution in [2.45, 2.75) is 12.2 Å². The molecular weight excluding hydrogens is 359 g/mol. The lowest BCUT2D eigenvalue weighted by molar-refractivity contribution is -0.122. The van der Waals surface area contributed by atoms with Gasteiger partial charge in [-0.3, -0.25) is 9.69 Å². The van der Waals surface area contributed by atoms with Crippen molar-refractivity contribution in [1.29, 1.82) is 0 Å². The maximum absolute atomic E-state index is 13.2. The molecule has 0 spiro atoms. The van der Waals surface area contributed by atoms with Crippen LogP contribution in [0.2, 0.25) is 5.02 Å². The first-order valence-electron chi connectivity index (χ1n) is 7.77. The molecule has 0 bridgehead atoms. The second kappa shape index (κ2) is 7.85. The summed E-state index contributed by atoms with van der Waals surface area (Å²) >= 11 is 7.44. The van der Waals surface area contributed by atoms with Crippen molar-refractivity contribution < 1.29 is 9.18 Å². The zero-order valence-corrected chi connectivity index (χ0v) is 15.1. The highest BCUT2D eigenvalue weighted by atomic mass is 35.5. The van der Waals surface area contributed by atoms with Gasteiger partial charge in [0.15, 0.2) is 5.17 Å². The van der Waals surface area contributed by atoms with Crippen molar-refractivity contribution in [2.24, 2.45) is 4.99 Å². The van der Waals surface area contributed by atoms with Crippen LogP contribution in [-0.4, -0.2) is 27.8 Å². The molecule has 25 heavy (non-hydrogen) atoms. The molecule has 1 atom stereocenters. The molecule has 2 aromatic carbocycles. The third-order valence-electron chi connectivity index (χ3n) is 3.56. The Bertz CT molecular complexity index is 836. The monoisotopic (exact) mass is 374 g/mol. The molecular formula is C19H16ClFN2OS. The van der Waals surface area contributed by atoms with Gasteiger partial charge in [-0.15, -0.1) is 0 Å². The molecule has 1 amide bonds. The van der Waals surface area contributed by atoms with Crippen molar-refractivity contribution in [3.05, 3.63) is 71.0 Å². The molecule has 1 heterocycles. The van der Waals surface area contributed by atoms with E-state index in [2.05, 4.69) is 4.99 Å². The van der Waals surface area contributed by atoms with Gasteiger partial charge in [0.25, 0.3) is 5.91 Å². The minimum Gasteiger partial charge on any atom is -0.287 e. The molecule has 0 unspecified atom stereocenters. The average molecular weight is 375 g/mol. The van der Waals surface area contributed by atoms with Crippen LogP contribution in [0.4, 0.5) is 10.1 Å². The third kappa shape index (κ3) is 4.71. The number of thioether (sulfide) groups is 1. The fourth-order valence-corrected chi connectivity index (χ4v) is 3.54. The first-order valence-corrected chi connectivity index (χ1v) is 9.03. The molecule has 1 aliphatic rings. The highest BCUT2D eigenvalue weighted by molar-refractivity contribution is 8.14. The summed E-state index contributed by atoms with van der Waals surface area (Å²) in [4.78, 5) is 18.7. The molecule has 1 aliphatic heterocycles.